The van der Waals surface area contributed by atoms with Gasteiger partial charge in [0.05, 0.1) is 22.8 Å². The molecule has 0 amide bonds. The van der Waals surface area contributed by atoms with Gasteiger partial charge in [0, 0.05) is 42.7 Å². The molecule has 4 aromatic carbocycles. The Morgan fingerprint density at radius 3 is 0.622 bits per heavy atom. The van der Waals surface area contributed by atoms with Gasteiger partial charge in [0.15, 0.2) is 0 Å². The summed E-state index contributed by atoms with van der Waals surface area (Å²) in [7, 11) is 0. The normalized spacial score (nSPS) is 12.1. The van der Waals surface area contributed by atoms with Crippen LogP contribution in [0.5, 0.6) is 0 Å². The quantitative estimate of drug-likeness (QED) is 0.158. The van der Waals surface area contributed by atoms with Crippen LogP contribution in [-0.4, -0.2) is 22.8 Å². The summed E-state index contributed by atoms with van der Waals surface area (Å²) in [6, 6.07) is 35.2. The Morgan fingerprint density at radius 1 is 0.324 bits per heavy atom. The van der Waals surface area contributed by atoms with Crippen molar-refractivity contribution >= 4 is 22.8 Å². The van der Waals surface area contributed by atoms with Crippen LogP contribution in [-0.2, 0) is 20.4 Å². The van der Waals surface area contributed by atoms with Gasteiger partial charge in [-0.15, -0.1) is 0 Å². The van der Waals surface area contributed by atoms with Crippen LogP contribution in [0.1, 0.15) is 22.3 Å². The molecule has 4 rings (SSSR count). The van der Waals surface area contributed by atoms with Crippen LogP contribution in [0.3, 0.4) is 0 Å². The molecule has 0 N–H and O–H groups in total. The van der Waals surface area contributed by atoms with Crippen molar-refractivity contribution < 1.29 is 20.4 Å². The second-order valence-electron chi connectivity index (χ2n) is 7.22. The minimum absolute atomic E-state index is 0. The molecule has 0 saturated carbocycles. The Kier molecular flexibility index (Phi) is 11.9. The molecule has 0 saturated heterocycles. The fourth-order valence-corrected chi connectivity index (χ4v) is 3.31. The summed E-state index contributed by atoms with van der Waals surface area (Å²) in [5.74, 6) is 0. The fraction of sp³-hybridized carbons (Fsp3) is 0. The molecular formula is C28H20N4O4Pd-4. The van der Waals surface area contributed by atoms with Gasteiger partial charge in [-0.25, -0.2) is 0 Å². The minimum atomic E-state index is 0. The zero-order chi connectivity index (χ0) is 25.6. The number of hydrogen-bond acceptors (Lipinski definition) is 8. The van der Waals surface area contributed by atoms with Gasteiger partial charge in [-0.2, -0.15) is 0 Å². The van der Waals surface area contributed by atoms with E-state index in [-0.39, 0.29) is 43.3 Å². The summed E-state index contributed by atoms with van der Waals surface area (Å²) < 4.78 is 0. The zero-order valence-corrected chi connectivity index (χ0v) is 20.8. The molecule has 8 nitrogen and oxygen atoms in total. The maximum absolute atomic E-state index is 11.0. The van der Waals surface area contributed by atoms with E-state index in [1.54, 1.807) is 97.1 Å². The Morgan fingerprint density at radius 2 is 0.486 bits per heavy atom. The molecule has 0 aliphatic heterocycles. The summed E-state index contributed by atoms with van der Waals surface area (Å²) in [4.78, 5) is 0. The molecule has 0 fully saturated rings. The van der Waals surface area contributed by atoms with Crippen LogP contribution in [0, 0.1) is 20.8 Å². The molecule has 0 atom stereocenters. The molecule has 4 aromatic rings. The average molecular weight is 583 g/mol. The third-order valence-corrected chi connectivity index (χ3v) is 5.00. The number of nitrogens with zero attached hydrogens (tertiary/aromatic N) is 4. The molecule has 0 aliphatic rings. The van der Waals surface area contributed by atoms with E-state index in [9.17, 15) is 20.8 Å². The molecule has 190 valence electrons. The number of hydrogen-bond donors (Lipinski definition) is 0. The number of benzene rings is 4. The van der Waals surface area contributed by atoms with Crippen LogP contribution in [0.25, 0.3) is 0 Å². The zero-order valence-electron chi connectivity index (χ0n) is 19.3. The van der Waals surface area contributed by atoms with Gasteiger partial charge in [-0.05, 0) is 0 Å². The van der Waals surface area contributed by atoms with E-state index in [1.165, 1.54) is 0 Å². The fourth-order valence-electron chi connectivity index (χ4n) is 3.31. The van der Waals surface area contributed by atoms with Gasteiger partial charge >= 0.3 is 0 Å². The predicted molar refractivity (Wildman–Crippen MR) is 145 cm³/mol. The second-order valence-corrected chi connectivity index (χ2v) is 7.22. The maximum Gasteiger partial charge on any atom is 0.0847 e. The Bertz CT molecular complexity index is 1130. The van der Waals surface area contributed by atoms with E-state index in [4.69, 9.17) is 0 Å². The molecule has 0 spiro atoms. The summed E-state index contributed by atoms with van der Waals surface area (Å²) >= 11 is 0. The van der Waals surface area contributed by atoms with Crippen LogP contribution in [0.2, 0.25) is 0 Å². The van der Waals surface area contributed by atoms with E-state index in [0.717, 1.165) is 0 Å². The Labute approximate surface area is 227 Å². The van der Waals surface area contributed by atoms with Crippen molar-refractivity contribution in [2.45, 2.75) is 0 Å². The van der Waals surface area contributed by atoms with Crippen molar-refractivity contribution in [3.63, 3.8) is 0 Å². The minimum Gasteiger partial charge on any atom is -0.791 e. The van der Waals surface area contributed by atoms with Gasteiger partial charge in [-0.3, -0.25) is 0 Å². The first-order valence-corrected chi connectivity index (χ1v) is 10.8. The van der Waals surface area contributed by atoms with Crippen molar-refractivity contribution in [1.82, 2.24) is 0 Å². The Hall–Kier alpha value is -4.58. The monoisotopic (exact) mass is 582 g/mol. The standard InChI is InChI=1S/2C14H12N2O2.Pd/c2*17-15-13(11-7-3-1-4-8-11)14(16-18)12-9-5-2-6-10-12;/h2*1-10,17-18H;/p-4. The van der Waals surface area contributed by atoms with E-state index < -0.39 is 0 Å². The second kappa shape index (κ2) is 15.4. The molecular weight excluding hydrogens is 563 g/mol. The molecule has 0 aliphatic carbocycles. The SMILES string of the molecule is [O-]N=C(C(=N[O-])c1ccccc1)c1ccccc1.[O-]N=C(C(=N[O-])c1ccccc1)c1ccccc1.[Pd]. The molecule has 0 aromatic heterocycles. The summed E-state index contributed by atoms with van der Waals surface area (Å²) in [6.45, 7) is 0. The van der Waals surface area contributed by atoms with Gasteiger partial charge in [-0.1, -0.05) is 121 Å². The summed E-state index contributed by atoms with van der Waals surface area (Å²) in [5.41, 5.74) is 2.51. The topological polar surface area (TPSA) is 142 Å². The van der Waals surface area contributed by atoms with Crippen LogP contribution < -0.4 is 0 Å². The molecule has 9 heteroatoms. The molecule has 37 heavy (non-hydrogen) atoms. The van der Waals surface area contributed by atoms with E-state index in [2.05, 4.69) is 20.6 Å². The van der Waals surface area contributed by atoms with Crippen molar-refractivity contribution in [3.05, 3.63) is 164 Å². The smallest absolute Gasteiger partial charge is 0.0847 e. The first-order chi connectivity index (χ1) is 17.7. The molecule has 0 heterocycles. The predicted octanol–water partition coefficient (Wildman–Crippen LogP) is 5.92. The van der Waals surface area contributed by atoms with Crippen molar-refractivity contribution in [3.8, 4) is 0 Å². The average Bonchev–Trinajstić information content (AvgIpc) is 2.96. The Balaban J connectivity index is 0.000000253. The van der Waals surface area contributed by atoms with Crippen LogP contribution in [0.4, 0.5) is 0 Å². The summed E-state index contributed by atoms with van der Waals surface area (Å²) in [6.07, 6.45) is 0. The van der Waals surface area contributed by atoms with Crippen LogP contribution in [0.15, 0.2) is 142 Å². The van der Waals surface area contributed by atoms with Crippen LogP contribution >= 0.6 is 0 Å². The summed E-state index contributed by atoms with van der Waals surface area (Å²) in [5, 5.41) is 55.7. The van der Waals surface area contributed by atoms with E-state index in [0.29, 0.717) is 22.3 Å². The van der Waals surface area contributed by atoms with Crippen molar-refractivity contribution in [2.75, 3.05) is 0 Å². The van der Waals surface area contributed by atoms with Crippen molar-refractivity contribution in [2.24, 2.45) is 20.6 Å². The van der Waals surface area contributed by atoms with Crippen molar-refractivity contribution in [1.29, 1.82) is 0 Å². The third kappa shape index (κ3) is 7.70. The third-order valence-electron chi connectivity index (χ3n) is 5.00. The number of rotatable bonds is 6. The maximum atomic E-state index is 11.0. The van der Waals surface area contributed by atoms with Gasteiger partial charge in [0.2, 0.25) is 0 Å². The molecule has 0 bridgehead atoms. The van der Waals surface area contributed by atoms with E-state index in [1.807, 2.05) is 24.3 Å². The molecule has 0 unspecified atom stereocenters. The van der Waals surface area contributed by atoms with E-state index >= 15 is 0 Å². The largest absolute Gasteiger partial charge is 0.791 e. The first-order valence-electron chi connectivity index (χ1n) is 10.8. The van der Waals surface area contributed by atoms with Gasteiger partial charge < -0.3 is 41.5 Å². The first kappa shape index (κ1) is 28.7. The van der Waals surface area contributed by atoms with Gasteiger partial charge in [0.25, 0.3) is 0 Å². The van der Waals surface area contributed by atoms with Gasteiger partial charge in [0.1, 0.15) is 0 Å². The molecule has 0 radical (unpaired) electrons.